The van der Waals surface area contributed by atoms with Gasteiger partial charge in [0.2, 0.25) is 5.83 Å². The summed E-state index contributed by atoms with van der Waals surface area (Å²) in [6.07, 6.45) is -8.02. The van der Waals surface area contributed by atoms with Gasteiger partial charge in [-0.2, -0.15) is 17.6 Å². The zero-order valence-corrected chi connectivity index (χ0v) is 8.10. The summed E-state index contributed by atoms with van der Waals surface area (Å²) in [7, 11) is 0. The fraction of sp³-hybridized carbons (Fsp3) is 0.200. The Balaban J connectivity index is 3.10. The van der Waals surface area contributed by atoms with Crippen LogP contribution in [0.15, 0.2) is 35.9 Å². The highest BCUT2D eigenvalue weighted by Gasteiger charge is 2.40. The fourth-order valence-corrected chi connectivity index (χ4v) is 1.08. The summed E-state index contributed by atoms with van der Waals surface area (Å²) in [5.74, 6) is -6.32. The SMILES string of the molecule is OC(/C(F)=C(\F)C(F)(F)F)c1cccc(F)c1. The summed E-state index contributed by atoms with van der Waals surface area (Å²) in [5, 5.41) is 9.11. The van der Waals surface area contributed by atoms with Crippen molar-refractivity contribution in [3.63, 3.8) is 0 Å². The van der Waals surface area contributed by atoms with Crippen molar-refractivity contribution < 1.29 is 31.4 Å². The van der Waals surface area contributed by atoms with Gasteiger partial charge in [-0.25, -0.2) is 8.78 Å². The van der Waals surface area contributed by atoms with Gasteiger partial charge in [0.25, 0.3) is 0 Å². The van der Waals surface area contributed by atoms with Crippen LogP contribution >= 0.6 is 0 Å². The van der Waals surface area contributed by atoms with Crippen molar-refractivity contribution in [3.05, 3.63) is 47.3 Å². The molecular formula is C10H6F6O. The van der Waals surface area contributed by atoms with Crippen LogP contribution in [0.3, 0.4) is 0 Å². The molecule has 0 heterocycles. The van der Waals surface area contributed by atoms with Crippen LogP contribution in [0.5, 0.6) is 0 Å². The number of hydrogen-bond acceptors (Lipinski definition) is 1. The molecule has 17 heavy (non-hydrogen) atoms. The Morgan fingerprint density at radius 2 is 1.76 bits per heavy atom. The minimum atomic E-state index is -5.53. The third kappa shape index (κ3) is 3.23. The average Bonchev–Trinajstić information content (AvgIpc) is 2.25. The van der Waals surface area contributed by atoms with Crippen molar-refractivity contribution in [2.75, 3.05) is 0 Å². The first-order valence-corrected chi connectivity index (χ1v) is 4.29. The highest BCUT2D eigenvalue weighted by molar-refractivity contribution is 5.26. The number of benzene rings is 1. The molecule has 1 rings (SSSR count). The van der Waals surface area contributed by atoms with Crippen molar-refractivity contribution in [1.29, 1.82) is 0 Å². The molecule has 0 saturated heterocycles. The quantitative estimate of drug-likeness (QED) is 0.802. The van der Waals surface area contributed by atoms with Gasteiger partial charge in [-0.3, -0.25) is 0 Å². The molecule has 1 N–H and O–H groups in total. The summed E-state index contributed by atoms with van der Waals surface area (Å²) in [5.41, 5.74) is -0.512. The van der Waals surface area contributed by atoms with Crippen LogP contribution in [0.2, 0.25) is 0 Å². The van der Waals surface area contributed by atoms with E-state index in [9.17, 15) is 26.3 Å². The van der Waals surface area contributed by atoms with Crippen LogP contribution in [0.4, 0.5) is 26.3 Å². The molecule has 0 aliphatic carbocycles. The largest absolute Gasteiger partial charge is 0.445 e. The first kappa shape index (κ1) is 13.6. The van der Waals surface area contributed by atoms with E-state index in [4.69, 9.17) is 5.11 Å². The van der Waals surface area contributed by atoms with Gasteiger partial charge in [-0.05, 0) is 17.7 Å². The molecule has 7 heteroatoms. The molecule has 0 fully saturated rings. The van der Waals surface area contributed by atoms with Crippen LogP contribution in [0, 0.1) is 5.82 Å². The molecule has 0 spiro atoms. The number of halogens is 6. The molecule has 0 aliphatic rings. The topological polar surface area (TPSA) is 20.2 Å². The minimum absolute atomic E-state index is 0.512. The molecule has 0 radical (unpaired) electrons. The molecule has 94 valence electrons. The van der Waals surface area contributed by atoms with E-state index in [2.05, 4.69) is 0 Å². The van der Waals surface area contributed by atoms with Gasteiger partial charge in [-0.1, -0.05) is 12.1 Å². The Kier molecular flexibility index (Phi) is 3.82. The van der Waals surface area contributed by atoms with Gasteiger partial charge in [0.15, 0.2) is 5.83 Å². The maximum atomic E-state index is 12.9. The van der Waals surface area contributed by atoms with Crippen molar-refractivity contribution >= 4 is 0 Å². The zero-order chi connectivity index (χ0) is 13.2. The Hall–Kier alpha value is -1.50. The van der Waals surface area contributed by atoms with E-state index in [1.54, 1.807) is 0 Å². The maximum absolute atomic E-state index is 12.9. The van der Waals surface area contributed by atoms with Crippen molar-refractivity contribution in [3.8, 4) is 0 Å². The summed E-state index contributed by atoms with van der Waals surface area (Å²) in [6, 6.07) is 3.56. The van der Waals surface area contributed by atoms with Gasteiger partial charge < -0.3 is 5.11 Å². The molecule has 0 aromatic heterocycles. The second-order valence-electron chi connectivity index (χ2n) is 3.12. The van der Waals surface area contributed by atoms with Gasteiger partial charge >= 0.3 is 6.18 Å². The molecule has 0 bridgehead atoms. The zero-order valence-electron chi connectivity index (χ0n) is 8.10. The molecule has 1 aromatic rings. The number of alkyl halides is 3. The van der Waals surface area contributed by atoms with E-state index in [-0.39, 0.29) is 0 Å². The standard InChI is InChI=1S/C10H6F6O/c11-6-3-1-2-5(4-6)8(17)7(12)9(13)10(14,15)16/h1-4,8,17H/b9-7+. The summed E-state index contributed by atoms with van der Waals surface area (Å²) in [6.45, 7) is 0. The van der Waals surface area contributed by atoms with Crippen LogP contribution in [-0.4, -0.2) is 11.3 Å². The summed E-state index contributed by atoms with van der Waals surface area (Å²) >= 11 is 0. The Bertz CT molecular complexity index is 437. The first-order valence-electron chi connectivity index (χ1n) is 4.29. The van der Waals surface area contributed by atoms with Crippen LogP contribution < -0.4 is 0 Å². The third-order valence-corrected chi connectivity index (χ3v) is 1.86. The smallest absolute Gasteiger partial charge is 0.381 e. The lowest BCUT2D eigenvalue weighted by Gasteiger charge is -2.11. The van der Waals surface area contributed by atoms with Crippen LogP contribution in [0.1, 0.15) is 11.7 Å². The van der Waals surface area contributed by atoms with E-state index in [1.807, 2.05) is 0 Å². The Morgan fingerprint density at radius 3 is 2.24 bits per heavy atom. The second-order valence-corrected chi connectivity index (χ2v) is 3.12. The molecule has 1 nitrogen and oxygen atoms in total. The monoisotopic (exact) mass is 256 g/mol. The molecule has 0 saturated carbocycles. The van der Waals surface area contributed by atoms with Gasteiger partial charge in [0.05, 0.1) is 0 Å². The molecule has 1 aromatic carbocycles. The second kappa shape index (κ2) is 4.79. The number of rotatable bonds is 2. The highest BCUT2D eigenvalue weighted by Crippen LogP contribution is 2.35. The predicted octanol–water partition coefficient (Wildman–Crippen LogP) is 3.57. The summed E-state index contributed by atoms with van der Waals surface area (Å²) < 4.78 is 73.4. The lowest BCUT2D eigenvalue weighted by molar-refractivity contribution is -0.112. The molecule has 1 atom stereocenters. The molecular weight excluding hydrogens is 250 g/mol. The fourth-order valence-electron chi connectivity index (χ4n) is 1.08. The van der Waals surface area contributed by atoms with Crippen molar-refractivity contribution in [2.45, 2.75) is 12.3 Å². The molecule has 0 amide bonds. The summed E-state index contributed by atoms with van der Waals surface area (Å²) in [4.78, 5) is 0. The van der Waals surface area contributed by atoms with Crippen LogP contribution in [0.25, 0.3) is 0 Å². The normalized spacial score (nSPS) is 15.5. The highest BCUT2D eigenvalue weighted by atomic mass is 19.4. The van der Waals surface area contributed by atoms with Gasteiger partial charge in [0.1, 0.15) is 11.9 Å². The van der Waals surface area contributed by atoms with E-state index < -0.39 is 35.3 Å². The lowest BCUT2D eigenvalue weighted by atomic mass is 10.1. The van der Waals surface area contributed by atoms with E-state index in [1.165, 1.54) is 0 Å². The molecule has 0 aliphatic heterocycles. The number of allylic oxidation sites excluding steroid dienone is 1. The number of aliphatic hydroxyl groups is 1. The van der Waals surface area contributed by atoms with Crippen molar-refractivity contribution in [1.82, 2.24) is 0 Å². The Morgan fingerprint density at radius 1 is 1.18 bits per heavy atom. The van der Waals surface area contributed by atoms with E-state index in [0.717, 1.165) is 18.2 Å². The average molecular weight is 256 g/mol. The Labute approximate surface area is 92.0 Å². The van der Waals surface area contributed by atoms with Gasteiger partial charge in [0, 0.05) is 0 Å². The number of hydrogen-bond donors (Lipinski definition) is 1. The van der Waals surface area contributed by atoms with E-state index >= 15 is 0 Å². The van der Waals surface area contributed by atoms with Crippen LogP contribution in [-0.2, 0) is 0 Å². The number of aliphatic hydroxyl groups excluding tert-OH is 1. The van der Waals surface area contributed by atoms with Crippen molar-refractivity contribution in [2.24, 2.45) is 0 Å². The molecule has 1 unspecified atom stereocenters. The van der Waals surface area contributed by atoms with Gasteiger partial charge in [-0.15, -0.1) is 0 Å². The minimum Gasteiger partial charge on any atom is -0.381 e. The lowest BCUT2D eigenvalue weighted by Crippen LogP contribution is -2.12. The first-order chi connectivity index (χ1) is 7.73. The predicted molar refractivity (Wildman–Crippen MR) is 46.7 cm³/mol. The maximum Gasteiger partial charge on any atom is 0.445 e. The third-order valence-electron chi connectivity index (χ3n) is 1.86. The van der Waals surface area contributed by atoms with E-state index in [0.29, 0.717) is 6.07 Å².